The molecule has 0 unspecified atom stereocenters. The minimum atomic E-state index is 0.259. The zero-order chi connectivity index (χ0) is 19.7. The topological polar surface area (TPSA) is 62.0 Å². The number of hydrogen-bond acceptors (Lipinski definition) is 5. The predicted octanol–water partition coefficient (Wildman–Crippen LogP) is 2.48. The zero-order valence-electron chi connectivity index (χ0n) is 17.9. The van der Waals surface area contributed by atoms with Gasteiger partial charge in [-0.3, -0.25) is 14.5 Å². The fraction of sp³-hybridized carbons (Fsp3) is 0.952. The number of nitrogens with two attached hydrogens (primary N) is 1. The van der Waals surface area contributed by atoms with Crippen LogP contribution in [0.3, 0.4) is 0 Å². The molecule has 0 saturated carbocycles. The summed E-state index contributed by atoms with van der Waals surface area (Å²) in [6, 6.07) is 0.512. The first-order valence-electron chi connectivity index (χ1n) is 11.0. The van der Waals surface area contributed by atoms with Crippen molar-refractivity contribution in [2.24, 2.45) is 11.1 Å². The van der Waals surface area contributed by atoms with Crippen molar-refractivity contribution in [3.8, 4) is 0 Å². The summed E-state index contributed by atoms with van der Waals surface area (Å²) in [5, 5.41) is 2.12. The normalized spacial score (nSPS) is 23.2. The van der Waals surface area contributed by atoms with Crippen LogP contribution < -0.4 is 5.73 Å². The third-order valence-corrected chi connectivity index (χ3v) is 5.81. The van der Waals surface area contributed by atoms with Gasteiger partial charge in [-0.2, -0.15) is 5.06 Å². The zero-order valence-corrected chi connectivity index (χ0v) is 17.9. The van der Waals surface area contributed by atoms with Crippen LogP contribution in [0.5, 0.6) is 0 Å². The fourth-order valence-corrected chi connectivity index (χ4v) is 4.13. The summed E-state index contributed by atoms with van der Waals surface area (Å²) in [4.78, 5) is 23.2. The van der Waals surface area contributed by atoms with Crippen molar-refractivity contribution >= 4 is 5.91 Å². The van der Waals surface area contributed by atoms with Gasteiger partial charge in [0.2, 0.25) is 5.91 Å². The molecule has 2 fully saturated rings. The summed E-state index contributed by atoms with van der Waals surface area (Å²) in [7, 11) is 0. The Morgan fingerprint density at radius 2 is 2.04 bits per heavy atom. The van der Waals surface area contributed by atoms with E-state index in [0.717, 1.165) is 71.4 Å². The van der Waals surface area contributed by atoms with Crippen molar-refractivity contribution in [3.05, 3.63) is 0 Å². The lowest BCUT2D eigenvalue weighted by Gasteiger charge is -2.29. The van der Waals surface area contributed by atoms with Crippen molar-refractivity contribution in [1.29, 1.82) is 0 Å². The summed E-state index contributed by atoms with van der Waals surface area (Å²) in [5.74, 6) is 0.297. The highest BCUT2D eigenvalue weighted by Gasteiger charge is 2.32. The van der Waals surface area contributed by atoms with Gasteiger partial charge in [0.25, 0.3) is 0 Å². The summed E-state index contributed by atoms with van der Waals surface area (Å²) in [6.07, 6.45) is 7.70. The lowest BCUT2D eigenvalue weighted by atomic mass is 9.96. The Balaban J connectivity index is 1.79. The van der Waals surface area contributed by atoms with Crippen LogP contribution in [0, 0.1) is 5.41 Å². The number of amides is 1. The van der Waals surface area contributed by atoms with Crippen molar-refractivity contribution in [2.45, 2.75) is 71.8 Å². The fourth-order valence-electron chi connectivity index (χ4n) is 4.13. The van der Waals surface area contributed by atoms with E-state index in [1.54, 1.807) is 0 Å². The third-order valence-electron chi connectivity index (χ3n) is 5.81. The highest BCUT2D eigenvalue weighted by molar-refractivity contribution is 5.78. The molecule has 0 spiro atoms. The first kappa shape index (κ1) is 22.6. The van der Waals surface area contributed by atoms with Gasteiger partial charge in [0.15, 0.2) is 0 Å². The molecule has 0 bridgehead atoms. The molecule has 6 heteroatoms. The minimum absolute atomic E-state index is 0.259. The number of carbonyl (C=O) groups is 1. The maximum atomic E-state index is 12.9. The maximum absolute atomic E-state index is 12.9. The van der Waals surface area contributed by atoms with Crippen LogP contribution >= 0.6 is 0 Å². The molecule has 2 aliphatic rings. The summed E-state index contributed by atoms with van der Waals surface area (Å²) in [6.45, 7) is 13.5. The molecule has 6 nitrogen and oxygen atoms in total. The molecule has 2 saturated heterocycles. The molecular formula is C21H42N4O2. The Morgan fingerprint density at radius 3 is 2.70 bits per heavy atom. The Bertz CT molecular complexity index is 444. The molecule has 0 aromatic carbocycles. The molecule has 2 rings (SSSR count). The molecule has 0 aromatic rings. The Morgan fingerprint density at radius 1 is 1.26 bits per heavy atom. The van der Waals surface area contributed by atoms with E-state index in [0.29, 0.717) is 25.0 Å². The number of nitrogens with zero attached hydrogens (tertiary/aromatic N) is 3. The van der Waals surface area contributed by atoms with Crippen LogP contribution in [-0.4, -0.2) is 79.2 Å². The molecule has 1 atom stereocenters. The second kappa shape index (κ2) is 11.3. The van der Waals surface area contributed by atoms with Crippen molar-refractivity contribution in [3.63, 3.8) is 0 Å². The van der Waals surface area contributed by atoms with Crippen molar-refractivity contribution in [1.82, 2.24) is 14.9 Å². The smallest absolute Gasteiger partial charge is 0.236 e. The molecule has 2 heterocycles. The van der Waals surface area contributed by atoms with Crippen LogP contribution in [0.15, 0.2) is 0 Å². The quantitative estimate of drug-likeness (QED) is 0.526. The molecule has 2 N–H and O–H groups in total. The lowest BCUT2D eigenvalue weighted by molar-refractivity contribution is -0.133. The molecule has 0 aromatic heterocycles. The van der Waals surface area contributed by atoms with Gasteiger partial charge >= 0.3 is 0 Å². The number of likely N-dealkylation sites (tertiary alicyclic amines) is 1. The number of hydrogen-bond donors (Lipinski definition) is 1. The largest absolute Gasteiger partial charge is 0.342 e. The van der Waals surface area contributed by atoms with Crippen molar-refractivity contribution in [2.75, 3.05) is 52.4 Å². The van der Waals surface area contributed by atoms with Gasteiger partial charge < -0.3 is 10.6 Å². The van der Waals surface area contributed by atoms with E-state index in [4.69, 9.17) is 10.6 Å². The Hall–Kier alpha value is -0.690. The number of hydroxylamine groups is 2. The molecule has 2 aliphatic heterocycles. The second-order valence-corrected chi connectivity index (χ2v) is 9.09. The SMILES string of the molecule is CCCCN(CCCCN)C(=O)CN1CCC[C@@H]1CCN1CC(C)(C)CO1. The Labute approximate surface area is 166 Å². The van der Waals surface area contributed by atoms with Gasteiger partial charge in [-0.05, 0) is 51.6 Å². The van der Waals surface area contributed by atoms with E-state index in [-0.39, 0.29) is 5.41 Å². The highest BCUT2D eigenvalue weighted by atomic mass is 16.7. The van der Waals surface area contributed by atoms with E-state index in [2.05, 4.69) is 35.6 Å². The third kappa shape index (κ3) is 7.68. The van der Waals surface area contributed by atoms with E-state index in [1.807, 2.05) is 0 Å². The molecule has 1 amide bonds. The number of rotatable bonds is 12. The lowest BCUT2D eigenvalue weighted by Crippen LogP contribution is -2.43. The summed E-state index contributed by atoms with van der Waals surface area (Å²) < 4.78 is 0. The highest BCUT2D eigenvalue weighted by Crippen LogP contribution is 2.26. The minimum Gasteiger partial charge on any atom is -0.342 e. The van der Waals surface area contributed by atoms with Gasteiger partial charge in [-0.25, -0.2) is 0 Å². The molecule has 0 aliphatic carbocycles. The van der Waals surface area contributed by atoms with Crippen LogP contribution in [0.25, 0.3) is 0 Å². The number of carbonyl (C=O) groups excluding carboxylic acids is 1. The number of unbranched alkanes of at least 4 members (excludes halogenated alkanes) is 2. The first-order chi connectivity index (χ1) is 12.9. The van der Waals surface area contributed by atoms with E-state index in [9.17, 15) is 4.79 Å². The maximum Gasteiger partial charge on any atom is 0.236 e. The van der Waals surface area contributed by atoms with Crippen LogP contribution in [0.1, 0.15) is 65.7 Å². The average molecular weight is 383 g/mol. The predicted molar refractivity (Wildman–Crippen MR) is 110 cm³/mol. The van der Waals surface area contributed by atoms with Gasteiger partial charge in [-0.15, -0.1) is 0 Å². The van der Waals surface area contributed by atoms with Crippen molar-refractivity contribution < 1.29 is 9.63 Å². The van der Waals surface area contributed by atoms with Gasteiger partial charge in [-0.1, -0.05) is 27.2 Å². The van der Waals surface area contributed by atoms with Crippen LogP contribution in [-0.2, 0) is 9.63 Å². The van der Waals surface area contributed by atoms with Crippen LogP contribution in [0.2, 0.25) is 0 Å². The summed E-state index contributed by atoms with van der Waals surface area (Å²) in [5.41, 5.74) is 5.88. The molecule has 27 heavy (non-hydrogen) atoms. The standard InChI is InChI=1S/C21H42N4O2/c1-4-5-12-23(13-7-6-11-22)20(26)16-24-14-8-9-19(24)10-15-25-17-21(2,3)18-27-25/h19H,4-18,22H2,1-3H3/t19-/m1/s1. The van der Waals surface area contributed by atoms with Crippen LogP contribution in [0.4, 0.5) is 0 Å². The van der Waals surface area contributed by atoms with Gasteiger partial charge in [0.05, 0.1) is 13.2 Å². The average Bonchev–Trinajstić information content (AvgIpc) is 3.21. The van der Waals surface area contributed by atoms with E-state index in [1.165, 1.54) is 12.8 Å². The summed E-state index contributed by atoms with van der Waals surface area (Å²) >= 11 is 0. The second-order valence-electron chi connectivity index (χ2n) is 9.09. The van der Waals surface area contributed by atoms with E-state index < -0.39 is 0 Å². The molecule has 158 valence electrons. The molecule has 0 radical (unpaired) electrons. The van der Waals surface area contributed by atoms with Gasteiger partial charge in [0.1, 0.15) is 0 Å². The van der Waals surface area contributed by atoms with Gasteiger partial charge in [0, 0.05) is 37.6 Å². The monoisotopic (exact) mass is 382 g/mol. The molecular weight excluding hydrogens is 340 g/mol. The van der Waals surface area contributed by atoms with E-state index >= 15 is 0 Å². The Kier molecular flexibility index (Phi) is 9.50. The first-order valence-corrected chi connectivity index (χ1v) is 11.0.